The van der Waals surface area contributed by atoms with E-state index in [0.29, 0.717) is 24.1 Å². The van der Waals surface area contributed by atoms with Gasteiger partial charge in [-0.3, -0.25) is 9.78 Å². The molecule has 1 saturated carbocycles. The Balaban J connectivity index is 1.52. The molecule has 0 amide bonds. The summed E-state index contributed by atoms with van der Waals surface area (Å²) in [6.45, 7) is 0.160. The number of nitrogen functional groups attached to an aromatic ring is 1. The average Bonchev–Trinajstić information content (AvgIpc) is 3.05. The number of carbonyl (C=O) groups is 1. The summed E-state index contributed by atoms with van der Waals surface area (Å²) in [4.78, 5) is 36.9. The van der Waals surface area contributed by atoms with E-state index in [9.17, 15) is 14.7 Å². The van der Waals surface area contributed by atoms with Crippen LogP contribution in [0.4, 0.5) is 5.95 Å². The molecule has 0 saturated heterocycles. The summed E-state index contributed by atoms with van der Waals surface area (Å²) in [5.74, 6) is -0.460. The Morgan fingerprint density at radius 2 is 2.32 bits per heavy atom. The summed E-state index contributed by atoms with van der Waals surface area (Å²) in [6.07, 6.45) is 8.26. The lowest BCUT2D eigenvalue weighted by Gasteiger charge is -2.44. The SMILES string of the molecule is CN1C=CCC(C(=O)OCC2C(CO)CC2n2cnc3c(=O)[nH]c(N)nc32)=C1. The number of H-pyrrole nitrogens is 1. The molecule has 0 bridgehead atoms. The fourth-order valence-corrected chi connectivity index (χ4v) is 3.83. The maximum atomic E-state index is 12.4. The van der Waals surface area contributed by atoms with Crippen LogP contribution in [0.2, 0.25) is 0 Å². The van der Waals surface area contributed by atoms with E-state index in [-0.39, 0.29) is 48.5 Å². The zero-order chi connectivity index (χ0) is 19.8. The monoisotopic (exact) mass is 386 g/mol. The van der Waals surface area contributed by atoms with Gasteiger partial charge < -0.3 is 25.0 Å². The Morgan fingerprint density at radius 3 is 3.07 bits per heavy atom. The fraction of sp³-hybridized carbons (Fsp3) is 0.444. The van der Waals surface area contributed by atoms with Gasteiger partial charge in [0.25, 0.3) is 5.56 Å². The molecule has 1 fully saturated rings. The number of imidazole rings is 1. The second-order valence-corrected chi connectivity index (χ2v) is 7.19. The first-order chi connectivity index (χ1) is 13.5. The number of fused-ring (bicyclic) bond motifs is 1. The lowest BCUT2D eigenvalue weighted by molar-refractivity contribution is -0.144. The van der Waals surface area contributed by atoms with Crippen molar-refractivity contribution in [3.05, 3.63) is 40.7 Å². The van der Waals surface area contributed by atoms with Crippen molar-refractivity contribution in [3.63, 3.8) is 0 Å². The fourth-order valence-electron chi connectivity index (χ4n) is 3.83. The third-order valence-electron chi connectivity index (χ3n) is 5.39. The first-order valence-electron chi connectivity index (χ1n) is 9.07. The van der Waals surface area contributed by atoms with Crippen LogP contribution in [0.5, 0.6) is 0 Å². The number of hydrogen-bond acceptors (Lipinski definition) is 8. The second-order valence-electron chi connectivity index (χ2n) is 7.19. The number of ether oxygens (including phenoxy) is 1. The molecule has 0 spiro atoms. The van der Waals surface area contributed by atoms with Gasteiger partial charge in [-0.25, -0.2) is 9.78 Å². The maximum Gasteiger partial charge on any atom is 0.335 e. The summed E-state index contributed by atoms with van der Waals surface area (Å²) in [5, 5.41) is 9.64. The summed E-state index contributed by atoms with van der Waals surface area (Å²) in [5.41, 5.74) is 6.44. The van der Waals surface area contributed by atoms with Gasteiger partial charge in [0.15, 0.2) is 11.2 Å². The number of nitrogens with two attached hydrogens (primary N) is 1. The number of esters is 1. The number of aromatic amines is 1. The van der Waals surface area contributed by atoms with Crippen LogP contribution < -0.4 is 11.3 Å². The molecule has 0 radical (unpaired) electrons. The molecule has 2 aliphatic rings. The van der Waals surface area contributed by atoms with Crippen molar-refractivity contribution < 1.29 is 14.6 Å². The first kappa shape index (κ1) is 18.2. The van der Waals surface area contributed by atoms with Crippen molar-refractivity contribution >= 4 is 23.1 Å². The quantitative estimate of drug-likeness (QED) is 0.617. The smallest absolute Gasteiger partial charge is 0.335 e. The number of carbonyl (C=O) groups excluding carboxylic acids is 1. The van der Waals surface area contributed by atoms with Crippen molar-refractivity contribution in [1.82, 2.24) is 24.4 Å². The van der Waals surface area contributed by atoms with Crippen LogP contribution in [0.15, 0.2) is 35.2 Å². The highest BCUT2D eigenvalue weighted by Crippen LogP contribution is 2.45. The molecule has 0 aromatic carbocycles. The summed E-state index contributed by atoms with van der Waals surface area (Å²) < 4.78 is 7.31. The number of aliphatic hydroxyl groups excluding tert-OH is 1. The summed E-state index contributed by atoms with van der Waals surface area (Å²) >= 11 is 0. The van der Waals surface area contributed by atoms with E-state index in [0.717, 1.165) is 0 Å². The van der Waals surface area contributed by atoms with Crippen LogP contribution in [0.1, 0.15) is 18.9 Å². The van der Waals surface area contributed by atoms with Crippen molar-refractivity contribution in [3.8, 4) is 0 Å². The minimum Gasteiger partial charge on any atom is -0.462 e. The van der Waals surface area contributed by atoms with Gasteiger partial charge in [-0.1, -0.05) is 6.08 Å². The third-order valence-corrected chi connectivity index (χ3v) is 5.39. The Morgan fingerprint density at radius 1 is 1.50 bits per heavy atom. The van der Waals surface area contributed by atoms with Gasteiger partial charge in [0.2, 0.25) is 5.95 Å². The van der Waals surface area contributed by atoms with Gasteiger partial charge in [0.1, 0.15) is 0 Å². The highest BCUT2D eigenvalue weighted by Gasteiger charge is 2.43. The van der Waals surface area contributed by atoms with E-state index in [4.69, 9.17) is 10.5 Å². The molecule has 10 nitrogen and oxygen atoms in total. The lowest BCUT2D eigenvalue weighted by Crippen LogP contribution is -2.43. The molecule has 10 heteroatoms. The molecule has 2 aromatic rings. The van der Waals surface area contributed by atoms with Crippen LogP contribution >= 0.6 is 0 Å². The first-order valence-corrected chi connectivity index (χ1v) is 9.07. The normalized spacial score (nSPS) is 24.1. The number of aromatic nitrogens is 4. The largest absolute Gasteiger partial charge is 0.462 e. The van der Waals surface area contributed by atoms with Crippen LogP contribution in [0.25, 0.3) is 11.2 Å². The van der Waals surface area contributed by atoms with Crippen molar-refractivity contribution in [2.75, 3.05) is 26.0 Å². The van der Waals surface area contributed by atoms with Gasteiger partial charge in [-0.2, -0.15) is 4.98 Å². The van der Waals surface area contributed by atoms with Crippen LogP contribution in [0.3, 0.4) is 0 Å². The van der Waals surface area contributed by atoms with Crippen LogP contribution in [-0.4, -0.2) is 55.8 Å². The molecule has 28 heavy (non-hydrogen) atoms. The van der Waals surface area contributed by atoms with Gasteiger partial charge >= 0.3 is 5.97 Å². The molecule has 1 aliphatic heterocycles. The maximum absolute atomic E-state index is 12.4. The van der Waals surface area contributed by atoms with Gasteiger partial charge in [-0.15, -0.1) is 0 Å². The van der Waals surface area contributed by atoms with E-state index >= 15 is 0 Å². The minimum absolute atomic E-state index is 0.00232. The zero-order valence-corrected chi connectivity index (χ0v) is 15.4. The highest BCUT2D eigenvalue weighted by atomic mass is 16.5. The second kappa shape index (κ2) is 7.12. The highest BCUT2D eigenvalue weighted by molar-refractivity contribution is 5.88. The molecule has 2 aromatic heterocycles. The molecule has 3 heterocycles. The van der Waals surface area contributed by atoms with Crippen molar-refractivity contribution in [2.24, 2.45) is 11.8 Å². The Labute approximate surface area is 160 Å². The van der Waals surface area contributed by atoms with E-state index < -0.39 is 5.56 Å². The molecule has 4 N–H and O–H groups in total. The van der Waals surface area contributed by atoms with Gasteiger partial charge in [0, 0.05) is 38.2 Å². The number of anilines is 1. The number of aliphatic hydroxyl groups is 1. The van der Waals surface area contributed by atoms with E-state index in [1.165, 1.54) is 0 Å². The number of allylic oxidation sites excluding steroid dienone is 1. The number of nitrogens with zero attached hydrogens (tertiary/aromatic N) is 4. The Hall–Kier alpha value is -3.14. The van der Waals surface area contributed by atoms with Gasteiger partial charge in [0.05, 0.1) is 18.5 Å². The predicted octanol–water partition coefficient (Wildman–Crippen LogP) is 0.148. The van der Waals surface area contributed by atoms with Crippen LogP contribution in [-0.2, 0) is 9.53 Å². The molecular formula is C18H22N6O4. The number of rotatable bonds is 5. The Bertz CT molecular complexity index is 1020. The molecule has 3 atom stereocenters. The Kier molecular flexibility index (Phi) is 4.63. The van der Waals surface area contributed by atoms with E-state index in [2.05, 4.69) is 15.0 Å². The number of nitrogens with one attached hydrogen (secondary N) is 1. The van der Waals surface area contributed by atoms with Gasteiger partial charge in [-0.05, 0) is 18.5 Å². The molecule has 4 rings (SSSR count). The zero-order valence-electron chi connectivity index (χ0n) is 15.4. The molecule has 3 unspecified atom stereocenters. The standard InChI is InChI=1S/C18H22N6O4/c1-23-4-2-3-10(6-23)17(27)28-8-12-11(7-25)5-13(12)24-9-20-14-15(24)21-18(19)22-16(14)26/h2,4,6,9,11-13,25H,3,5,7-8H2,1H3,(H3,19,21,22,26). The summed E-state index contributed by atoms with van der Waals surface area (Å²) in [7, 11) is 1.84. The topological polar surface area (TPSA) is 139 Å². The van der Waals surface area contributed by atoms with E-state index in [1.54, 1.807) is 22.0 Å². The predicted molar refractivity (Wildman–Crippen MR) is 101 cm³/mol. The third kappa shape index (κ3) is 3.15. The number of hydrogen-bond donors (Lipinski definition) is 3. The van der Waals surface area contributed by atoms with Crippen molar-refractivity contribution in [2.45, 2.75) is 18.9 Å². The van der Waals surface area contributed by atoms with Crippen molar-refractivity contribution in [1.29, 1.82) is 0 Å². The van der Waals surface area contributed by atoms with E-state index in [1.807, 2.05) is 19.3 Å². The van der Waals surface area contributed by atoms with Crippen LogP contribution in [0, 0.1) is 11.8 Å². The molecule has 1 aliphatic carbocycles. The minimum atomic E-state index is -0.399. The molecular weight excluding hydrogens is 364 g/mol. The molecule has 148 valence electrons. The lowest BCUT2D eigenvalue weighted by atomic mass is 9.70. The summed E-state index contributed by atoms with van der Waals surface area (Å²) in [6, 6.07) is -0.0912. The average molecular weight is 386 g/mol.